The quantitative estimate of drug-likeness (QED) is 0.247. The highest BCUT2D eigenvalue weighted by molar-refractivity contribution is 6.16. The van der Waals surface area contributed by atoms with E-state index in [0.29, 0.717) is 40.9 Å². The topological polar surface area (TPSA) is 65.0 Å². The summed E-state index contributed by atoms with van der Waals surface area (Å²) in [6, 6.07) is 17.0. The minimum absolute atomic E-state index is 0.0180. The largest absolute Gasteiger partial charge is 0.507 e. The summed E-state index contributed by atoms with van der Waals surface area (Å²) in [7, 11) is 3.26. The molecule has 3 aromatic rings. The van der Waals surface area contributed by atoms with Crippen molar-refractivity contribution >= 4 is 5.78 Å². The fourth-order valence-electron chi connectivity index (χ4n) is 7.07. The molecule has 3 aromatic carbocycles. The van der Waals surface area contributed by atoms with E-state index < -0.39 is 0 Å². The highest BCUT2D eigenvalue weighted by atomic mass is 16.5. The van der Waals surface area contributed by atoms with Crippen molar-refractivity contribution in [2.24, 2.45) is 11.3 Å². The second kappa shape index (κ2) is 12.2. The average Bonchev–Trinajstić information content (AvgIpc) is 2.99. The third-order valence-corrected chi connectivity index (χ3v) is 9.50. The van der Waals surface area contributed by atoms with Crippen LogP contribution in [0.1, 0.15) is 105 Å². The lowest BCUT2D eigenvalue weighted by atomic mass is 9.63. The molecule has 1 N–H and O–H groups in total. The fourth-order valence-corrected chi connectivity index (χ4v) is 7.07. The number of ether oxygens (including phenoxy) is 3. The molecule has 0 spiro atoms. The van der Waals surface area contributed by atoms with Crippen LogP contribution in [0.25, 0.3) is 0 Å². The minimum Gasteiger partial charge on any atom is -0.507 e. The molecule has 0 radical (unpaired) electrons. The molecule has 222 valence electrons. The SMILES string of the molecule is CCCC[C@@H]1CCC(C)(C)C(C[C@H]2c3cc(OC)cc(OCc4ccccc4)c3C(=O)c3c(O)ccc(OC)c32)=C1C. The number of carbonyl (C=O) groups excluding carboxylic acids is 1. The smallest absolute Gasteiger partial charge is 0.201 e. The van der Waals surface area contributed by atoms with Crippen molar-refractivity contribution in [2.45, 2.75) is 78.7 Å². The van der Waals surface area contributed by atoms with E-state index in [9.17, 15) is 9.90 Å². The van der Waals surface area contributed by atoms with E-state index in [1.165, 1.54) is 36.8 Å². The number of methoxy groups -OCH3 is 2. The molecule has 5 heteroatoms. The Hall–Kier alpha value is -3.73. The van der Waals surface area contributed by atoms with Crippen molar-refractivity contribution in [3.05, 3.63) is 93.6 Å². The Morgan fingerprint density at radius 3 is 2.43 bits per heavy atom. The Labute approximate surface area is 250 Å². The number of phenolic OH excluding ortho intramolecular Hbond substituents is 1. The number of fused-ring (bicyclic) bond motifs is 2. The molecule has 0 aliphatic heterocycles. The number of phenols is 1. The molecule has 0 aromatic heterocycles. The molecule has 5 rings (SSSR count). The van der Waals surface area contributed by atoms with Gasteiger partial charge < -0.3 is 19.3 Å². The van der Waals surface area contributed by atoms with Crippen LogP contribution in [-0.2, 0) is 6.61 Å². The van der Waals surface area contributed by atoms with Crippen molar-refractivity contribution in [3.63, 3.8) is 0 Å². The van der Waals surface area contributed by atoms with E-state index in [2.05, 4.69) is 27.7 Å². The predicted octanol–water partition coefficient (Wildman–Crippen LogP) is 9.00. The molecule has 0 bridgehead atoms. The van der Waals surface area contributed by atoms with E-state index >= 15 is 0 Å². The van der Waals surface area contributed by atoms with Gasteiger partial charge >= 0.3 is 0 Å². The first kappa shape index (κ1) is 29.8. The Kier molecular flexibility index (Phi) is 8.68. The van der Waals surface area contributed by atoms with Crippen molar-refractivity contribution in [2.75, 3.05) is 14.2 Å². The van der Waals surface area contributed by atoms with Crippen LogP contribution >= 0.6 is 0 Å². The number of hydrogen-bond donors (Lipinski definition) is 1. The van der Waals surface area contributed by atoms with Crippen LogP contribution in [0.5, 0.6) is 23.0 Å². The number of allylic oxidation sites excluding steroid dienone is 2. The molecule has 0 fully saturated rings. The summed E-state index contributed by atoms with van der Waals surface area (Å²) in [5.74, 6) is 1.75. The van der Waals surface area contributed by atoms with Gasteiger partial charge in [-0.1, -0.05) is 75.1 Å². The summed E-state index contributed by atoms with van der Waals surface area (Å²) in [4.78, 5) is 14.3. The molecule has 2 aliphatic carbocycles. The summed E-state index contributed by atoms with van der Waals surface area (Å²) in [6.45, 7) is 9.57. The van der Waals surface area contributed by atoms with Crippen molar-refractivity contribution in [1.29, 1.82) is 0 Å². The molecular weight excluding hydrogens is 524 g/mol. The van der Waals surface area contributed by atoms with Gasteiger partial charge in [0.1, 0.15) is 29.6 Å². The summed E-state index contributed by atoms with van der Waals surface area (Å²) in [6.07, 6.45) is 6.66. The first-order valence-corrected chi connectivity index (χ1v) is 15.2. The Balaban J connectivity index is 1.70. The lowest BCUT2D eigenvalue weighted by molar-refractivity contribution is 0.102. The zero-order valence-corrected chi connectivity index (χ0v) is 25.9. The number of ketones is 1. The number of aromatic hydroxyl groups is 1. The van der Waals surface area contributed by atoms with Gasteiger partial charge in [0.05, 0.1) is 25.3 Å². The van der Waals surface area contributed by atoms with Gasteiger partial charge in [-0.05, 0) is 73.3 Å². The summed E-state index contributed by atoms with van der Waals surface area (Å²) in [5, 5.41) is 11.1. The van der Waals surface area contributed by atoms with Gasteiger partial charge in [0, 0.05) is 17.5 Å². The van der Waals surface area contributed by atoms with E-state index in [-0.39, 0.29) is 22.9 Å². The van der Waals surface area contributed by atoms with Crippen molar-refractivity contribution in [1.82, 2.24) is 0 Å². The molecule has 0 saturated heterocycles. The fraction of sp³-hybridized carbons (Fsp3) is 0.432. The van der Waals surface area contributed by atoms with Crippen molar-refractivity contribution in [3.8, 4) is 23.0 Å². The van der Waals surface area contributed by atoms with Gasteiger partial charge in [-0.25, -0.2) is 0 Å². The van der Waals surface area contributed by atoms with Gasteiger partial charge in [0.2, 0.25) is 5.78 Å². The molecule has 0 saturated carbocycles. The maximum absolute atomic E-state index is 14.3. The second-order valence-electron chi connectivity index (χ2n) is 12.4. The minimum atomic E-state index is -0.257. The zero-order chi connectivity index (χ0) is 30.0. The summed E-state index contributed by atoms with van der Waals surface area (Å²) >= 11 is 0. The molecule has 0 heterocycles. The predicted molar refractivity (Wildman–Crippen MR) is 167 cm³/mol. The zero-order valence-electron chi connectivity index (χ0n) is 25.9. The lowest BCUT2D eigenvalue weighted by Crippen LogP contribution is -2.29. The Morgan fingerprint density at radius 1 is 0.976 bits per heavy atom. The molecule has 0 unspecified atom stereocenters. The maximum atomic E-state index is 14.3. The molecular formula is C37H44O5. The number of benzene rings is 3. The number of rotatable bonds is 10. The van der Waals surface area contributed by atoms with E-state index in [0.717, 1.165) is 29.5 Å². The van der Waals surface area contributed by atoms with E-state index in [1.807, 2.05) is 36.4 Å². The number of hydrogen-bond acceptors (Lipinski definition) is 5. The lowest BCUT2D eigenvalue weighted by Gasteiger charge is -2.41. The van der Waals surface area contributed by atoms with Gasteiger partial charge in [-0.2, -0.15) is 0 Å². The van der Waals surface area contributed by atoms with Gasteiger partial charge in [0.15, 0.2) is 0 Å². The highest BCUT2D eigenvalue weighted by Gasteiger charge is 2.42. The molecule has 2 atom stereocenters. The Bertz CT molecular complexity index is 1480. The molecule has 5 nitrogen and oxygen atoms in total. The highest BCUT2D eigenvalue weighted by Crippen LogP contribution is 2.54. The standard InChI is InChI=1S/C37H44O5/c1-7-8-14-25-17-18-37(3,4)29(23(25)2)21-28-27-19-26(40-5)20-32(42-22-24-12-10-9-11-13-24)34(27)36(39)35-30(38)15-16-31(41-6)33(28)35/h9-13,15-16,19-20,25,28,38H,7-8,14,17-18,21-22H2,1-6H3/t25-,28+/m1/s1. The van der Waals surface area contributed by atoms with Crippen LogP contribution in [0.2, 0.25) is 0 Å². The van der Waals surface area contributed by atoms with E-state index in [1.54, 1.807) is 32.4 Å². The Morgan fingerprint density at radius 2 is 1.74 bits per heavy atom. The monoisotopic (exact) mass is 568 g/mol. The third kappa shape index (κ3) is 5.54. The normalized spacial score (nSPS) is 19.2. The molecule has 0 amide bonds. The maximum Gasteiger partial charge on any atom is 0.201 e. The van der Waals surface area contributed by atoms with Gasteiger partial charge in [-0.15, -0.1) is 0 Å². The van der Waals surface area contributed by atoms with Crippen LogP contribution in [0.15, 0.2) is 65.7 Å². The van der Waals surface area contributed by atoms with Crippen LogP contribution < -0.4 is 14.2 Å². The molecule has 42 heavy (non-hydrogen) atoms. The summed E-state index contributed by atoms with van der Waals surface area (Å²) < 4.78 is 18.0. The second-order valence-corrected chi connectivity index (χ2v) is 12.4. The van der Waals surface area contributed by atoms with Gasteiger partial charge in [-0.3, -0.25) is 4.79 Å². The van der Waals surface area contributed by atoms with Crippen LogP contribution in [0, 0.1) is 11.3 Å². The number of carbonyl (C=O) groups is 1. The van der Waals surface area contributed by atoms with Crippen LogP contribution in [0.3, 0.4) is 0 Å². The average molecular weight is 569 g/mol. The first-order chi connectivity index (χ1) is 20.2. The van der Waals surface area contributed by atoms with E-state index in [4.69, 9.17) is 14.2 Å². The summed E-state index contributed by atoms with van der Waals surface area (Å²) in [5.41, 5.74) is 6.31. The third-order valence-electron chi connectivity index (χ3n) is 9.50. The molecule has 2 aliphatic rings. The van der Waals surface area contributed by atoms with Crippen molar-refractivity contribution < 1.29 is 24.1 Å². The first-order valence-electron chi connectivity index (χ1n) is 15.2. The van der Waals surface area contributed by atoms with Gasteiger partial charge in [0.25, 0.3) is 0 Å². The number of unbranched alkanes of at least 4 members (excludes halogenated alkanes) is 1. The van der Waals surface area contributed by atoms with Crippen LogP contribution in [-0.4, -0.2) is 25.1 Å². The van der Waals surface area contributed by atoms with Crippen LogP contribution in [0.4, 0.5) is 0 Å².